The van der Waals surface area contributed by atoms with Crippen molar-refractivity contribution in [1.29, 1.82) is 0 Å². The van der Waals surface area contributed by atoms with E-state index in [4.69, 9.17) is 9.72 Å². The van der Waals surface area contributed by atoms with E-state index in [0.29, 0.717) is 12.2 Å². The van der Waals surface area contributed by atoms with Crippen LogP contribution in [-0.2, 0) is 18.3 Å². The van der Waals surface area contributed by atoms with Gasteiger partial charge in [0.25, 0.3) is 0 Å². The minimum Gasteiger partial charge on any atom is -0.504 e. The summed E-state index contributed by atoms with van der Waals surface area (Å²) in [5.41, 5.74) is 4.48. The van der Waals surface area contributed by atoms with Crippen LogP contribution in [0.25, 0.3) is 11.0 Å². The second-order valence-corrected chi connectivity index (χ2v) is 10.5. The molecule has 6 nitrogen and oxygen atoms in total. The third kappa shape index (κ3) is 1.92. The maximum atomic E-state index is 12.8. The highest BCUT2D eigenvalue weighted by atomic mass is 16.5. The first kappa shape index (κ1) is 17.8. The average Bonchev–Trinajstić information content (AvgIpc) is 3.54. The number of rotatable bonds is 2. The summed E-state index contributed by atoms with van der Waals surface area (Å²) in [5.74, 6) is 1.50. The lowest BCUT2D eigenvalue weighted by Crippen LogP contribution is -2.74. The summed E-state index contributed by atoms with van der Waals surface area (Å²) in [4.78, 5) is 11.9. The van der Waals surface area contributed by atoms with Gasteiger partial charge in [-0.05, 0) is 67.5 Å². The van der Waals surface area contributed by atoms with E-state index in [1.54, 1.807) is 12.3 Å². The molecule has 1 saturated carbocycles. The molecule has 4 heterocycles. The molecule has 1 unspecified atom stereocenters. The van der Waals surface area contributed by atoms with Gasteiger partial charge in [-0.2, -0.15) is 0 Å². The zero-order chi connectivity index (χ0) is 21.2. The fraction of sp³-hybridized carbons (Fsp3) is 0.462. The number of fused-ring (bicyclic) bond motifs is 4. The maximum Gasteiger partial charge on any atom is 0.166 e. The Labute approximate surface area is 185 Å². The Morgan fingerprint density at radius 3 is 2.97 bits per heavy atom. The summed E-state index contributed by atoms with van der Waals surface area (Å²) in [7, 11) is 0. The van der Waals surface area contributed by atoms with E-state index in [1.807, 2.05) is 24.4 Å². The standard InChI is InChI=1S/C26H25N3O3/c30-19-6-5-15-10-20-26(31)11-16-17(12-28-18-2-1-8-27-22(16)18)24-25(26,21(15)23(19)32-24)7-9-29(20)13-14-3-4-14/h1-2,5-6,8,12,14,20,24,30-31H,3-4,7,9-11,13H2/t20?,24-,25-,26+/m0/s1. The Hall–Kier alpha value is -2.70. The van der Waals surface area contributed by atoms with Gasteiger partial charge in [-0.1, -0.05) is 6.07 Å². The molecular formula is C26H25N3O3. The first-order chi connectivity index (χ1) is 15.6. The van der Waals surface area contributed by atoms with Crippen molar-refractivity contribution < 1.29 is 14.9 Å². The van der Waals surface area contributed by atoms with Crippen molar-refractivity contribution in [3.8, 4) is 11.5 Å². The number of aromatic nitrogens is 2. The highest BCUT2D eigenvalue weighted by molar-refractivity contribution is 5.80. The molecule has 2 aromatic heterocycles. The summed E-state index contributed by atoms with van der Waals surface area (Å²) < 4.78 is 6.58. The number of likely N-dealkylation sites (tertiary alicyclic amines) is 1. The molecule has 3 aliphatic carbocycles. The number of nitrogens with zero attached hydrogens (tertiary/aromatic N) is 3. The molecule has 162 valence electrons. The van der Waals surface area contributed by atoms with E-state index in [0.717, 1.165) is 59.6 Å². The molecule has 1 aromatic carbocycles. The number of aliphatic hydroxyl groups is 1. The molecule has 1 spiro atoms. The van der Waals surface area contributed by atoms with Gasteiger partial charge in [0.05, 0.1) is 22.0 Å². The van der Waals surface area contributed by atoms with Crippen LogP contribution < -0.4 is 4.74 Å². The van der Waals surface area contributed by atoms with Crippen LogP contribution in [0.4, 0.5) is 0 Å². The quantitative estimate of drug-likeness (QED) is 0.655. The zero-order valence-corrected chi connectivity index (χ0v) is 17.8. The topological polar surface area (TPSA) is 78.7 Å². The van der Waals surface area contributed by atoms with Crippen molar-refractivity contribution in [2.75, 3.05) is 13.1 Å². The first-order valence-corrected chi connectivity index (χ1v) is 11.8. The molecule has 2 N–H and O–H groups in total. The average molecular weight is 428 g/mol. The van der Waals surface area contributed by atoms with Crippen molar-refractivity contribution in [2.45, 2.75) is 55.3 Å². The van der Waals surface area contributed by atoms with Crippen LogP contribution >= 0.6 is 0 Å². The summed E-state index contributed by atoms with van der Waals surface area (Å²) >= 11 is 0. The van der Waals surface area contributed by atoms with E-state index < -0.39 is 11.0 Å². The third-order valence-corrected chi connectivity index (χ3v) is 9.01. The molecule has 2 fully saturated rings. The lowest BCUT2D eigenvalue weighted by Gasteiger charge is -2.63. The van der Waals surface area contributed by atoms with Crippen molar-refractivity contribution >= 4 is 11.0 Å². The molecule has 0 amide bonds. The Balaban J connectivity index is 1.43. The van der Waals surface area contributed by atoms with Gasteiger partial charge >= 0.3 is 0 Å². The summed E-state index contributed by atoms with van der Waals surface area (Å²) in [6.45, 7) is 2.02. The number of hydrogen-bond acceptors (Lipinski definition) is 6. The molecular weight excluding hydrogens is 402 g/mol. The Morgan fingerprint density at radius 2 is 2.09 bits per heavy atom. The molecule has 3 aromatic rings. The van der Waals surface area contributed by atoms with E-state index in [9.17, 15) is 10.2 Å². The number of hydrogen-bond donors (Lipinski definition) is 2. The number of phenolic OH excluding ortho intramolecular Hbond substituents is 1. The Kier molecular flexibility index (Phi) is 3.12. The fourth-order valence-electron chi connectivity index (χ4n) is 7.46. The van der Waals surface area contributed by atoms with Crippen molar-refractivity contribution in [3.05, 3.63) is 58.9 Å². The molecule has 6 heteroatoms. The number of pyridine rings is 2. The number of piperidine rings is 1. The number of ether oxygens (including phenoxy) is 1. The van der Waals surface area contributed by atoms with Gasteiger partial charge in [0.1, 0.15) is 6.10 Å². The highest BCUT2D eigenvalue weighted by Gasteiger charge is 2.72. The first-order valence-electron chi connectivity index (χ1n) is 11.8. The van der Waals surface area contributed by atoms with Gasteiger partial charge in [-0.3, -0.25) is 14.9 Å². The zero-order valence-electron chi connectivity index (χ0n) is 17.8. The van der Waals surface area contributed by atoms with E-state index >= 15 is 0 Å². The van der Waals surface area contributed by atoms with Gasteiger partial charge in [0.2, 0.25) is 0 Å². The minimum atomic E-state index is -0.977. The normalized spacial score (nSPS) is 34.2. The summed E-state index contributed by atoms with van der Waals surface area (Å²) in [6.07, 6.45) is 8.11. The number of phenols is 1. The van der Waals surface area contributed by atoms with Gasteiger partial charge < -0.3 is 14.9 Å². The smallest absolute Gasteiger partial charge is 0.166 e. The van der Waals surface area contributed by atoms with Crippen LogP contribution in [0, 0.1) is 5.92 Å². The summed E-state index contributed by atoms with van der Waals surface area (Å²) in [6, 6.07) is 7.72. The fourth-order valence-corrected chi connectivity index (χ4v) is 7.46. The Morgan fingerprint density at radius 1 is 1.19 bits per heavy atom. The van der Waals surface area contributed by atoms with Crippen LogP contribution in [0.15, 0.2) is 36.7 Å². The van der Waals surface area contributed by atoms with Crippen molar-refractivity contribution in [3.63, 3.8) is 0 Å². The molecule has 32 heavy (non-hydrogen) atoms. The van der Waals surface area contributed by atoms with E-state index in [2.05, 4.69) is 9.88 Å². The number of benzene rings is 1. The van der Waals surface area contributed by atoms with Crippen LogP contribution in [-0.4, -0.2) is 49.8 Å². The van der Waals surface area contributed by atoms with E-state index in [1.165, 1.54) is 18.4 Å². The monoisotopic (exact) mass is 427 g/mol. The minimum absolute atomic E-state index is 0.0334. The van der Waals surface area contributed by atoms with Crippen molar-refractivity contribution in [1.82, 2.24) is 14.9 Å². The second-order valence-electron chi connectivity index (χ2n) is 10.5. The van der Waals surface area contributed by atoms with Gasteiger partial charge in [-0.15, -0.1) is 0 Å². The summed E-state index contributed by atoms with van der Waals surface area (Å²) in [5, 5.41) is 23.5. The van der Waals surface area contributed by atoms with Crippen LogP contribution in [0.3, 0.4) is 0 Å². The lowest BCUT2D eigenvalue weighted by molar-refractivity contribution is -0.172. The molecule has 4 atom stereocenters. The molecule has 2 bridgehead atoms. The third-order valence-electron chi connectivity index (χ3n) is 9.01. The molecule has 1 saturated heterocycles. The predicted molar refractivity (Wildman–Crippen MR) is 118 cm³/mol. The lowest BCUT2D eigenvalue weighted by atomic mass is 9.48. The van der Waals surface area contributed by atoms with Crippen LogP contribution in [0.5, 0.6) is 11.5 Å². The number of aromatic hydroxyl groups is 1. The van der Waals surface area contributed by atoms with Gasteiger partial charge in [0, 0.05) is 42.5 Å². The Bertz CT molecular complexity index is 1320. The van der Waals surface area contributed by atoms with Crippen LogP contribution in [0.2, 0.25) is 0 Å². The van der Waals surface area contributed by atoms with Crippen LogP contribution in [0.1, 0.15) is 47.6 Å². The molecule has 8 rings (SSSR count). The molecule has 0 radical (unpaired) electrons. The van der Waals surface area contributed by atoms with Gasteiger partial charge in [-0.25, -0.2) is 0 Å². The van der Waals surface area contributed by atoms with E-state index in [-0.39, 0.29) is 17.9 Å². The predicted octanol–water partition coefficient (Wildman–Crippen LogP) is 3.03. The van der Waals surface area contributed by atoms with Crippen molar-refractivity contribution in [2.24, 2.45) is 5.92 Å². The molecule has 5 aliphatic rings. The second kappa shape index (κ2) is 5.61. The maximum absolute atomic E-state index is 12.8. The highest BCUT2D eigenvalue weighted by Crippen LogP contribution is 2.68. The van der Waals surface area contributed by atoms with Gasteiger partial charge in [0.15, 0.2) is 11.5 Å². The molecule has 2 aliphatic heterocycles. The SMILES string of the molecule is Oc1ccc2c3c1O[C@H]1c4cnc5cccnc5c4C[C@@]4(O)C(C2)N(CC2CC2)CC[C@]314. The largest absolute Gasteiger partial charge is 0.504 e.